The van der Waals surface area contributed by atoms with Gasteiger partial charge in [0.15, 0.2) is 0 Å². The molecule has 2 aromatic rings. The number of hydrogen-bond donors (Lipinski definition) is 1. The molecule has 1 unspecified atom stereocenters. The molecule has 1 heterocycles. The molecule has 0 saturated heterocycles. The van der Waals surface area contributed by atoms with Crippen molar-refractivity contribution in [1.29, 1.82) is 0 Å². The van der Waals surface area contributed by atoms with Crippen LogP contribution in [-0.2, 0) is 0 Å². The van der Waals surface area contributed by atoms with Crippen molar-refractivity contribution in [1.82, 2.24) is 15.3 Å². The van der Waals surface area contributed by atoms with E-state index in [-0.39, 0.29) is 0 Å². The van der Waals surface area contributed by atoms with Gasteiger partial charge in [-0.2, -0.15) is 0 Å². The van der Waals surface area contributed by atoms with E-state index in [2.05, 4.69) is 41.3 Å². The first kappa shape index (κ1) is 13.5. The number of hydrogen-bond acceptors (Lipinski definition) is 4. The van der Waals surface area contributed by atoms with E-state index in [0.717, 1.165) is 17.8 Å². The lowest BCUT2D eigenvalue weighted by atomic mass is 10.0. The number of rotatable bonds is 5. The number of ether oxygens (including phenoxy) is 1. The summed E-state index contributed by atoms with van der Waals surface area (Å²) in [5, 5.41) is 3.40. The lowest BCUT2D eigenvalue weighted by molar-refractivity contribution is 0.398. The monoisotopic (exact) mass is 257 g/mol. The molecular formula is C15H19N3O. The normalized spacial score (nSPS) is 12.2. The summed E-state index contributed by atoms with van der Waals surface area (Å²) in [6, 6.07) is 8.61. The number of aromatic nitrogens is 2. The predicted molar refractivity (Wildman–Crippen MR) is 76.1 cm³/mol. The van der Waals surface area contributed by atoms with Gasteiger partial charge in [-0.25, -0.2) is 9.97 Å². The Bertz CT molecular complexity index is 542. The fourth-order valence-electron chi connectivity index (χ4n) is 2.05. The van der Waals surface area contributed by atoms with Crippen molar-refractivity contribution >= 4 is 0 Å². The number of benzene rings is 1. The van der Waals surface area contributed by atoms with Crippen LogP contribution in [0.3, 0.4) is 0 Å². The highest BCUT2D eigenvalue weighted by Crippen LogP contribution is 2.27. The van der Waals surface area contributed by atoms with Crippen molar-refractivity contribution in [3.8, 4) is 17.1 Å². The SMILES string of the molecule is CCNC(C)c1cccc(-c2nccnc2OC)c1. The van der Waals surface area contributed by atoms with Gasteiger partial charge in [0.25, 0.3) is 0 Å². The molecule has 1 atom stereocenters. The maximum atomic E-state index is 5.26. The van der Waals surface area contributed by atoms with Crippen molar-refractivity contribution < 1.29 is 4.74 Å². The third kappa shape index (κ3) is 3.09. The summed E-state index contributed by atoms with van der Waals surface area (Å²) in [7, 11) is 1.61. The van der Waals surface area contributed by atoms with Gasteiger partial charge in [0.2, 0.25) is 5.88 Å². The first-order valence-electron chi connectivity index (χ1n) is 6.45. The first-order chi connectivity index (χ1) is 9.26. The van der Waals surface area contributed by atoms with Gasteiger partial charge in [-0.3, -0.25) is 0 Å². The Balaban J connectivity index is 2.37. The molecule has 0 amide bonds. The van der Waals surface area contributed by atoms with Crippen LogP contribution in [0, 0.1) is 0 Å². The van der Waals surface area contributed by atoms with Crippen LogP contribution in [0.15, 0.2) is 36.7 Å². The molecule has 0 radical (unpaired) electrons. The van der Waals surface area contributed by atoms with Crippen LogP contribution in [0.25, 0.3) is 11.3 Å². The first-order valence-corrected chi connectivity index (χ1v) is 6.45. The molecule has 0 aliphatic rings. The summed E-state index contributed by atoms with van der Waals surface area (Å²) < 4.78 is 5.26. The standard InChI is InChI=1S/C15H19N3O/c1-4-16-11(2)12-6-5-7-13(10-12)14-15(19-3)18-9-8-17-14/h5-11,16H,4H2,1-3H3. The molecule has 19 heavy (non-hydrogen) atoms. The highest BCUT2D eigenvalue weighted by molar-refractivity contribution is 5.64. The Morgan fingerprint density at radius 1 is 1.26 bits per heavy atom. The van der Waals surface area contributed by atoms with E-state index < -0.39 is 0 Å². The number of nitrogens with one attached hydrogen (secondary N) is 1. The predicted octanol–water partition coefficient (Wildman–Crippen LogP) is 2.82. The van der Waals surface area contributed by atoms with Gasteiger partial charge in [-0.05, 0) is 25.1 Å². The van der Waals surface area contributed by atoms with Crippen LogP contribution < -0.4 is 10.1 Å². The molecule has 1 aromatic carbocycles. The van der Waals surface area contributed by atoms with E-state index in [1.807, 2.05) is 12.1 Å². The van der Waals surface area contributed by atoms with Gasteiger partial charge in [-0.15, -0.1) is 0 Å². The maximum absolute atomic E-state index is 5.26. The minimum Gasteiger partial charge on any atom is -0.479 e. The largest absolute Gasteiger partial charge is 0.479 e. The topological polar surface area (TPSA) is 47.0 Å². The molecule has 0 aliphatic carbocycles. The second kappa shape index (κ2) is 6.29. The van der Waals surface area contributed by atoms with Crippen LogP contribution in [0.2, 0.25) is 0 Å². The summed E-state index contributed by atoms with van der Waals surface area (Å²) in [5.41, 5.74) is 3.02. The second-order valence-electron chi connectivity index (χ2n) is 4.32. The molecule has 4 heteroatoms. The molecule has 0 aliphatic heterocycles. The van der Waals surface area contributed by atoms with Crippen LogP contribution in [-0.4, -0.2) is 23.6 Å². The van der Waals surface area contributed by atoms with E-state index in [4.69, 9.17) is 4.74 Å². The third-order valence-electron chi connectivity index (χ3n) is 3.03. The van der Waals surface area contributed by atoms with Crippen molar-refractivity contribution in [2.45, 2.75) is 19.9 Å². The molecular weight excluding hydrogens is 238 g/mol. The van der Waals surface area contributed by atoms with Gasteiger partial charge in [0.05, 0.1) is 7.11 Å². The smallest absolute Gasteiger partial charge is 0.240 e. The van der Waals surface area contributed by atoms with Crippen LogP contribution >= 0.6 is 0 Å². The molecule has 0 fully saturated rings. The van der Waals surface area contributed by atoms with Gasteiger partial charge in [-0.1, -0.05) is 25.1 Å². The lowest BCUT2D eigenvalue weighted by Crippen LogP contribution is -2.17. The zero-order valence-corrected chi connectivity index (χ0v) is 11.6. The minimum absolute atomic E-state index is 0.313. The summed E-state index contributed by atoms with van der Waals surface area (Å²) in [6.07, 6.45) is 3.31. The van der Waals surface area contributed by atoms with E-state index in [1.54, 1.807) is 19.5 Å². The zero-order valence-electron chi connectivity index (χ0n) is 11.6. The molecule has 100 valence electrons. The maximum Gasteiger partial charge on any atom is 0.240 e. The van der Waals surface area contributed by atoms with Crippen molar-refractivity contribution in [3.63, 3.8) is 0 Å². The molecule has 1 N–H and O–H groups in total. The Labute approximate surface area is 113 Å². The molecule has 4 nitrogen and oxygen atoms in total. The highest BCUT2D eigenvalue weighted by Gasteiger charge is 2.10. The van der Waals surface area contributed by atoms with Gasteiger partial charge >= 0.3 is 0 Å². The summed E-state index contributed by atoms with van der Waals surface area (Å²) in [5.74, 6) is 0.552. The fraction of sp³-hybridized carbons (Fsp3) is 0.333. The quantitative estimate of drug-likeness (QED) is 0.894. The Morgan fingerprint density at radius 3 is 2.79 bits per heavy atom. The highest BCUT2D eigenvalue weighted by atomic mass is 16.5. The van der Waals surface area contributed by atoms with E-state index in [1.165, 1.54) is 5.56 Å². The zero-order chi connectivity index (χ0) is 13.7. The Kier molecular flexibility index (Phi) is 4.47. The van der Waals surface area contributed by atoms with Crippen LogP contribution in [0.4, 0.5) is 0 Å². The average Bonchev–Trinajstić information content (AvgIpc) is 2.47. The van der Waals surface area contributed by atoms with Crippen LogP contribution in [0.5, 0.6) is 5.88 Å². The van der Waals surface area contributed by atoms with Gasteiger partial charge in [0.1, 0.15) is 5.69 Å². The average molecular weight is 257 g/mol. The number of nitrogens with zero attached hydrogens (tertiary/aromatic N) is 2. The van der Waals surface area contributed by atoms with Crippen molar-refractivity contribution in [2.75, 3.05) is 13.7 Å². The second-order valence-corrected chi connectivity index (χ2v) is 4.32. The van der Waals surface area contributed by atoms with Gasteiger partial charge in [0, 0.05) is 24.0 Å². The summed E-state index contributed by atoms with van der Waals surface area (Å²) in [6.45, 7) is 5.20. The summed E-state index contributed by atoms with van der Waals surface area (Å²) in [4.78, 5) is 8.54. The van der Waals surface area contributed by atoms with Crippen molar-refractivity contribution in [2.24, 2.45) is 0 Å². The Hall–Kier alpha value is -1.94. The molecule has 1 aromatic heterocycles. The molecule has 0 saturated carbocycles. The van der Waals surface area contributed by atoms with Crippen LogP contribution in [0.1, 0.15) is 25.5 Å². The third-order valence-corrected chi connectivity index (χ3v) is 3.03. The molecule has 2 rings (SSSR count). The minimum atomic E-state index is 0.313. The van der Waals surface area contributed by atoms with Gasteiger partial charge < -0.3 is 10.1 Å². The van der Waals surface area contributed by atoms with E-state index >= 15 is 0 Å². The molecule has 0 spiro atoms. The molecule has 0 bridgehead atoms. The van der Waals surface area contributed by atoms with Crippen molar-refractivity contribution in [3.05, 3.63) is 42.2 Å². The fourth-order valence-corrected chi connectivity index (χ4v) is 2.05. The van der Waals surface area contributed by atoms with E-state index in [0.29, 0.717) is 11.9 Å². The van der Waals surface area contributed by atoms with E-state index in [9.17, 15) is 0 Å². The lowest BCUT2D eigenvalue weighted by Gasteiger charge is -2.14. The summed E-state index contributed by atoms with van der Waals surface area (Å²) >= 11 is 0. The number of methoxy groups -OCH3 is 1. The Morgan fingerprint density at radius 2 is 2.05 bits per heavy atom.